The summed E-state index contributed by atoms with van der Waals surface area (Å²) in [6.07, 6.45) is 0.902. The van der Waals surface area contributed by atoms with Crippen LogP contribution in [0.5, 0.6) is 0 Å². The fourth-order valence-electron chi connectivity index (χ4n) is 2.89. The highest BCUT2D eigenvalue weighted by molar-refractivity contribution is 6.23. The Morgan fingerprint density at radius 3 is 2.61 bits per heavy atom. The molecule has 23 heavy (non-hydrogen) atoms. The number of carbonyl (C=O) groups excluding carboxylic acids is 4. The number of benzene rings is 1. The van der Waals surface area contributed by atoms with Gasteiger partial charge in [-0.1, -0.05) is 6.07 Å². The van der Waals surface area contributed by atoms with E-state index in [1.54, 1.807) is 25.3 Å². The van der Waals surface area contributed by atoms with Gasteiger partial charge in [-0.05, 0) is 30.5 Å². The maximum Gasteiger partial charge on any atom is 0.262 e. The maximum absolute atomic E-state index is 12.6. The second-order valence-electron chi connectivity index (χ2n) is 5.57. The predicted octanol–water partition coefficient (Wildman–Crippen LogP) is 0.277. The third kappa shape index (κ3) is 2.63. The molecule has 0 saturated carbocycles. The molecule has 0 radical (unpaired) electrons. The molecule has 7 nitrogen and oxygen atoms in total. The average molecular weight is 316 g/mol. The van der Waals surface area contributed by atoms with E-state index < -0.39 is 23.8 Å². The van der Waals surface area contributed by atoms with Crippen molar-refractivity contribution in [3.8, 4) is 0 Å². The van der Waals surface area contributed by atoms with Crippen LogP contribution in [0.3, 0.4) is 0 Å². The molecule has 7 heteroatoms. The molecule has 1 atom stereocenters. The zero-order chi connectivity index (χ0) is 16.6. The third-order valence-corrected chi connectivity index (χ3v) is 4.10. The molecule has 0 spiro atoms. The van der Waals surface area contributed by atoms with Gasteiger partial charge in [-0.15, -0.1) is 0 Å². The molecule has 2 aliphatic rings. The van der Waals surface area contributed by atoms with E-state index in [9.17, 15) is 19.2 Å². The molecule has 0 aromatic heterocycles. The fourth-order valence-corrected chi connectivity index (χ4v) is 2.89. The Balaban J connectivity index is 1.88. The minimum absolute atomic E-state index is 0.114. The first-order valence-corrected chi connectivity index (χ1v) is 7.36. The van der Waals surface area contributed by atoms with Crippen LogP contribution in [-0.2, 0) is 20.7 Å². The Kier molecular flexibility index (Phi) is 3.96. The second kappa shape index (κ2) is 5.92. The lowest BCUT2D eigenvalue weighted by Crippen LogP contribution is -2.54. The lowest BCUT2D eigenvalue weighted by atomic mass is 10.0. The van der Waals surface area contributed by atoms with Crippen molar-refractivity contribution in [1.29, 1.82) is 0 Å². The summed E-state index contributed by atoms with van der Waals surface area (Å²) in [5.41, 5.74) is 1.48. The molecule has 1 fully saturated rings. The van der Waals surface area contributed by atoms with Crippen LogP contribution in [-0.4, -0.2) is 48.3 Å². The standard InChI is InChI=1S/C16H16N2O5/c1-23-7-6-9-2-3-10-11(8-9)16(22)18(15(10)21)12-4-5-13(19)17-14(12)20/h2-3,8,12H,4-7H2,1H3,(H,17,19,20). The van der Waals surface area contributed by atoms with Crippen molar-refractivity contribution in [3.05, 3.63) is 34.9 Å². The maximum atomic E-state index is 12.6. The van der Waals surface area contributed by atoms with Crippen LogP contribution in [0, 0.1) is 0 Å². The van der Waals surface area contributed by atoms with Crippen LogP contribution in [0.15, 0.2) is 18.2 Å². The van der Waals surface area contributed by atoms with Crippen LogP contribution in [0.2, 0.25) is 0 Å². The number of rotatable bonds is 4. The molecule has 1 N–H and O–H groups in total. The molecular formula is C16H16N2O5. The highest BCUT2D eigenvalue weighted by atomic mass is 16.5. The van der Waals surface area contributed by atoms with Gasteiger partial charge in [0.2, 0.25) is 11.8 Å². The summed E-state index contributed by atoms with van der Waals surface area (Å²) >= 11 is 0. The van der Waals surface area contributed by atoms with Crippen molar-refractivity contribution >= 4 is 23.6 Å². The molecule has 2 heterocycles. The van der Waals surface area contributed by atoms with Gasteiger partial charge in [0.15, 0.2) is 0 Å². The predicted molar refractivity (Wildman–Crippen MR) is 78.7 cm³/mol. The van der Waals surface area contributed by atoms with Crippen LogP contribution in [0.1, 0.15) is 39.1 Å². The monoisotopic (exact) mass is 316 g/mol. The minimum Gasteiger partial charge on any atom is -0.384 e. The molecule has 0 aliphatic carbocycles. The van der Waals surface area contributed by atoms with Crippen LogP contribution < -0.4 is 5.32 Å². The number of nitrogens with zero attached hydrogens (tertiary/aromatic N) is 1. The van der Waals surface area contributed by atoms with Crippen molar-refractivity contribution in [2.24, 2.45) is 0 Å². The molecule has 1 aromatic carbocycles. The van der Waals surface area contributed by atoms with Gasteiger partial charge in [-0.25, -0.2) is 0 Å². The Hall–Kier alpha value is -2.54. The number of ether oxygens (including phenoxy) is 1. The summed E-state index contributed by atoms with van der Waals surface area (Å²) in [6, 6.07) is 4.12. The molecule has 3 rings (SSSR count). The van der Waals surface area contributed by atoms with Crippen molar-refractivity contribution < 1.29 is 23.9 Å². The Morgan fingerprint density at radius 1 is 1.17 bits per heavy atom. The van der Waals surface area contributed by atoms with Crippen molar-refractivity contribution in [2.75, 3.05) is 13.7 Å². The number of piperidine rings is 1. The number of methoxy groups -OCH3 is 1. The first-order valence-electron chi connectivity index (χ1n) is 7.36. The van der Waals surface area contributed by atoms with E-state index in [0.29, 0.717) is 24.2 Å². The topological polar surface area (TPSA) is 92.8 Å². The number of amides is 4. The van der Waals surface area contributed by atoms with E-state index in [-0.39, 0.29) is 18.7 Å². The van der Waals surface area contributed by atoms with Crippen LogP contribution in [0.25, 0.3) is 0 Å². The molecular weight excluding hydrogens is 300 g/mol. The molecule has 120 valence electrons. The van der Waals surface area contributed by atoms with E-state index in [0.717, 1.165) is 10.5 Å². The smallest absolute Gasteiger partial charge is 0.262 e. The van der Waals surface area contributed by atoms with Crippen LogP contribution in [0.4, 0.5) is 0 Å². The molecule has 0 bridgehead atoms. The number of hydrogen-bond donors (Lipinski definition) is 1. The number of fused-ring (bicyclic) bond motifs is 1. The SMILES string of the molecule is COCCc1ccc2c(c1)C(=O)N(C1CCC(=O)NC1=O)C2=O. The van der Waals surface area contributed by atoms with Gasteiger partial charge in [0.05, 0.1) is 17.7 Å². The van der Waals surface area contributed by atoms with Crippen molar-refractivity contribution in [1.82, 2.24) is 10.2 Å². The number of carbonyl (C=O) groups is 4. The Bertz CT molecular complexity index is 712. The Morgan fingerprint density at radius 2 is 1.91 bits per heavy atom. The molecule has 2 aliphatic heterocycles. The number of nitrogens with one attached hydrogen (secondary N) is 1. The molecule has 1 saturated heterocycles. The summed E-state index contributed by atoms with van der Waals surface area (Å²) in [4.78, 5) is 49.2. The summed E-state index contributed by atoms with van der Waals surface area (Å²) < 4.78 is 5.01. The lowest BCUT2D eigenvalue weighted by Gasteiger charge is -2.27. The van der Waals surface area contributed by atoms with Gasteiger partial charge in [0.1, 0.15) is 6.04 Å². The van der Waals surface area contributed by atoms with Crippen LogP contribution >= 0.6 is 0 Å². The van der Waals surface area contributed by atoms with Gasteiger partial charge in [0, 0.05) is 13.5 Å². The fraction of sp³-hybridized carbons (Fsp3) is 0.375. The first kappa shape index (κ1) is 15.4. The summed E-state index contributed by atoms with van der Waals surface area (Å²) in [5.74, 6) is -1.96. The first-order chi connectivity index (χ1) is 11.0. The van der Waals surface area contributed by atoms with E-state index in [1.807, 2.05) is 0 Å². The summed E-state index contributed by atoms with van der Waals surface area (Å²) in [5, 5.41) is 2.17. The van der Waals surface area contributed by atoms with Gasteiger partial charge in [-0.3, -0.25) is 29.4 Å². The van der Waals surface area contributed by atoms with E-state index >= 15 is 0 Å². The Labute approximate surface area is 132 Å². The van der Waals surface area contributed by atoms with Gasteiger partial charge in [-0.2, -0.15) is 0 Å². The third-order valence-electron chi connectivity index (χ3n) is 4.10. The zero-order valence-corrected chi connectivity index (χ0v) is 12.6. The summed E-state index contributed by atoms with van der Waals surface area (Å²) in [6.45, 7) is 0.512. The van der Waals surface area contributed by atoms with E-state index in [1.165, 1.54) is 0 Å². The number of imide groups is 2. The van der Waals surface area contributed by atoms with Crippen molar-refractivity contribution in [3.63, 3.8) is 0 Å². The normalized spacial score (nSPS) is 20.7. The largest absolute Gasteiger partial charge is 0.384 e. The van der Waals surface area contributed by atoms with Gasteiger partial charge in [0.25, 0.3) is 11.8 Å². The highest BCUT2D eigenvalue weighted by Gasteiger charge is 2.44. The minimum atomic E-state index is -0.928. The summed E-state index contributed by atoms with van der Waals surface area (Å²) in [7, 11) is 1.59. The molecule has 4 amide bonds. The van der Waals surface area contributed by atoms with E-state index in [4.69, 9.17) is 4.74 Å². The van der Waals surface area contributed by atoms with Gasteiger partial charge < -0.3 is 4.74 Å². The number of hydrogen-bond acceptors (Lipinski definition) is 5. The zero-order valence-electron chi connectivity index (χ0n) is 12.6. The average Bonchev–Trinajstić information content (AvgIpc) is 2.77. The lowest BCUT2D eigenvalue weighted by molar-refractivity contribution is -0.136. The van der Waals surface area contributed by atoms with E-state index in [2.05, 4.69) is 5.32 Å². The van der Waals surface area contributed by atoms with Crippen molar-refractivity contribution in [2.45, 2.75) is 25.3 Å². The second-order valence-corrected chi connectivity index (χ2v) is 5.57. The molecule has 1 aromatic rings. The highest BCUT2D eigenvalue weighted by Crippen LogP contribution is 2.28. The van der Waals surface area contributed by atoms with Gasteiger partial charge >= 0.3 is 0 Å². The molecule has 1 unspecified atom stereocenters. The quantitative estimate of drug-likeness (QED) is 0.805.